The Bertz CT molecular complexity index is 777. The van der Waals surface area contributed by atoms with Crippen molar-refractivity contribution in [3.8, 4) is 0 Å². The molecule has 1 atom stereocenters. The topological polar surface area (TPSA) is 41.4 Å². The molecular weight excluding hydrogens is 336 g/mol. The zero-order valence-electron chi connectivity index (χ0n) is 16.5. The number of benzene rings is 1. The van der Waals surface area contributed by atoms with Gasteiger partial charge in [-0.25, -0.2) is 4.98 Å². The molecule has 1 aromatic carbocycles. The van der Waals surface area contributed by atoms with Crippen molar-refractivity contribution in [2.75, 3.05) is 19.6 Å². The maximum atomic E-state index is 12.3. The molecule has 0 N–H and O–H groups in total. The van der Waals surface area contributed by atoms with E-state index in [4.69, 9.17) is 0 Å². The van der Waals surface area contributed by atoms with Crippen molar-refractivity contribution in [3.05, 3.63) is 54.1 Å². The second kappa shape index (κ2) is 7.47. The summed E-state index contributed by atoms with van der Waals surface area (Å²) in [6, 6.07) is 10.9. The van der Waals surface area contributed by atoms with Crippen molar-refractivity contribution >= 4 is 5.91 Å². The molecule has 1 unspecified atom stereocenters. The highest BCUT2D eigenvalue weighted by atomic mass is 16.2. The summed E-state index contributed by atoms with van der Waals surface area (Å²) in [7, 11) is 2.02. The first-order chi connectivity index (χ1) is 13.0. The monoisotopic (exact) mass is 366 g/mol. The van der Waals surface area contributed by atoms with Crippen molar-refractivity contribution in [2.45, 2.75) is 45.2 Å². The molecule has 5 nitrogen and oxygen atoms in total. The molecule has 3 heterocycles. The fourth-order valence-electron chi connectivity index (χ4n) is 4.93. The van der Waals surface area contributed by atoms with E-state index in [1.807, 2.05) is 17.9 Å². The summed E-state index contributed by atoms with van der Waals surface area (Å²) >= 11 is 0. The first-order valence-corrected chi connectivity index (χ1v) is 10.0. The van der Waals surface area contributed by atoms with Gasteiger partial charge in [-0.3, -0.25) is 9.69 Å². The molecule has 144 valence electrons. The highest BCUT2D eigenvalue weighted by Gasteiger charge is 2.46. The summed E-state index contributed by atoms with van der Waals surface area (Å²) in [6.07, 6.45) is 8.44. The molecule has 4 rings (SSSR count). The van der Waals surface area contributed by atoms with Gasteiger partial charge in [0.1, 0.15) is 0 Å². The number of likely N-dealkylation sites (tertiary alicyclic amines) is 2. The molecule has 1 aromatic heterocycles. The van der Waals surface area contributed by atoms with Crippen LogP contribution in [0.25, 0.3) is 0 Å². The quantitative estimate of drug-likeness (QED) is 0.835. The van der Waals surface area contributed by atoms with E-state index in [-0.39, 0.29) is 5.91 Å². The van der Waals surface area contributed by atoms with E-state index in [0.717, 1.165) is 44.7 Å². The van der Waals surface area contributed by atoms with Gasteiger partial charge in [-0.1, -0.05) is 30.3 Å². The highest BCUT2D eigenvalue weighted by molar-refractivity contribution is 5.74. The summed E-state index contributed by atoms with van der Waals surface area (Å²) in [6.45, 7) is 5.78. The van der Waals surface area contributed by atoms with E-state index in [0.29, 0.717) is 11.5 Å². The van der Waals surface area contributed by atoms with Crippen LogP contribution in [0.1, 0.15) is 37.4 Å². The summed E-state index contributed by atoms with van der Waals surface area (Å²) in [4.78, 5) is 21.4. The molecule has 0 bridgehead atoms. The number of piperidine rings is 1. The van der Waals surface area contributed by atoms with Gasteiger partial charge in [-0.2, -0.15) is 0 Å². The van der Waals surface area contributed by atoms with Crippen LogP contribution < -0.4 is 0 Å². The van der Waals surface area contributed by atoms with Crippen molar-refractivity contribution in [3.63, 3.8) is 0 Å². The maximum absolute atomic E-state index is 12.3. The zero-order chi connectivity index (χ0) is 18.9. The molecule has 2 fully saturated rings. The van der Waals surface area contributed by atoms with Crippen LogP contribution in [0.15, 0.2) is 42.9 Å². The van der Waals surface area contributed by atoms with Gasteiger partial charge < -0.3 is 9.47 Å². The molecule has 27 heavy (non-hydrogen) atoms. The Morgan fingerprint density at radius 3 is 2.59 bits per heavy atom. The number of nitrogens with zero attached hydrogens (tertiary/aromatic N) is 4. The number of carbonyl (C=O) groups is 1. The van der Waals surface area contributed by atoms with E-state index in [1.165, 1.54) is 18.4 Å². The SMILES string of the molecule is CC(=O)N1CC2(CCN(Cc3cn(C)cn3)CC2)CC1Cc1ccccc1. The summed E-state index contributed by atoms with van der Waals surface area (Å²) in [5.41, 5.74) is 2.77. The Kier molecular flexibility index (Phi) is 5.04. The van der Waals surface area contributed by atoms with Crippen LogP contribution in [0.5, 0.6) is 0 Å². The third-order valence-corrected chi connectivity index (χ3v) is 6.39. The van der Waals surface area contributed by atoms with Gasteiger partial charge in [0.25, 0.3) is 0 Å². The van der Waals surface area contributed by atoms with Gasteiger partial charge in [0, 0.05) is 39.3 Å². The first-order valence-electron chi connectivity index (χ1n) is 10.0. The molecule has 0 aliphatic carbocycles. The predicted molar refractivity (Wildman–Crippen MR) is 106 cm³/mol. The Labute approximate surface area is 162 Å². The van der Waals surface area contributed by atoms with Crippen LogP contribution in [0, 0.1) is 5.41 Å². The predicted octanol–water partition coefficient (Wildman–Crippen LogP) is 2.87. The fourth-order valence-corrected chi connectivity index (χ4v) is 4.93. The second-order valence-corrected chi connectivity index (χ2v) is 8.50. The van der Waals surface area contributed by atoms with Crippen LogP contribution in [0.2, 0.25) is 0 Å². The average molecular weight is 367 g/mol. The lowest BCUT2D eigenvalue weighted by Gasteiger charge is -2.39. The molecule has 2 saturated heterocycles. The number of imidazole rings is 1. The lowest BCUT2D eigenvalue weighted by molar-refractivity contribution is -0.130. The minimum absolute atomic E-state index is 0.226. The lowest BCUT2D eigenvalue weighted by atomic mass is 9.76. The molecule has 2 aromatic rings. The minimum Gasteiger partial charge on any atom is -0.340 e. The molecule has 5 heteroatoms. The van der Waals surface area contributed by atoms with Gasteiger partial charge in [-0.05, 0) is 49.8 Å². The molecule has 1 amide bonds. The Balaban J connectivity index is 1.39. The van der Waals surface area contributed by atoms with E-state index >= 15 is 0 Å². The molecule has 0 radical (unpaired) electrons. The molecule has 2 aliphatic heterocycles. The van der Waals surface area contributed by atoms with Crippen molar-refractivity contribution in [2.24, 2.45) is 12.5 Å². The van der Waals surface area contributed by atoms with Crippen LogP contribution in [0.3, 0.4) is 0 Å². The minimum atomic E-state index is 0.226. The standard InChI is InChI=1S/C22H30N4O/c1-18(27)26-16-22(13-21(26)12-19-6-4-3-5-7-19)8-10-25(11-9-22)15-20-14-24(2)17-23-20/h3-7,14,17,21H,8-13,15-16H2,1-2H3. The van der Waals surface area contributed by atoms with Gasteiger partial charge in [0.15, 0.2) is 0 Å². The summed E-state index contributed by atoms with van der Waals surface area (Å²) < 4.78 is 2.01. The van der Waals surface area contributed by atoms with Gasteiger partial charge >= 0.3 is 0 Å². The number of aromatic nitrogens is 2. The molecular formula is C22H30N4O. The number of rotatable bonds is 4. The van der Waals surface area contributed by atoms with Gasteiger partial charge in [0.2, 0.25) is 5.91 Å². The van der Waals surface area contributed by atoms with E-state index in [1.54, 1.807) is 6.92 Å². The van der Waals surface area contributed by atoms with Crippen molar-refractivity contribution < 1.29 is 4.79 Å². The van der Waals surface area contributed by atoms with Crippen molar-refractivity contribution in [1.29, 1.82) is 0 Å². The second-order valence-electron chi connectivity index (χ2n) is 8.50. The number of hydrogen-bond acceptors (Lipinski definition) is 3. The largest absolute Gasteiger partial charge is 0.340 e. The lowest BCUT2D eigenvalue weighted by Crippen LogP contribution is -2.41. The van der Waals surface area contributed by atoms with E-state index in [2.05, 4.69) is 51.3 Å². The van der Waals surface area contributed by atoms with Crippen molar-refractivity contribution in [1.82, 2.24) is 19.4 Å². The van der Waals surface area contributed by atoms with Crippen LogP contribution in [-0.2, 0) is 24.8 Å². The maximum Gasteiger partial charge on any atom is 0.219 e. The fraction of sp³-hybridized carbons (Fsp3) is 0.545. The van der Waals surface area contributed by atoms with Crippen LogP contribution in [-0.4, -0.2) is 50.9 Å². The normalized spacial score (nSPS) is 22.4. The third kappa shape index (κ3) is 4.08. The smallest absolute Gasteiger partial charge is 0.219 e. The molecule has 1 spiro atoms. The van der Waals surface area contributed by atoms with E-state index in [9.17, 15) is 4.79 Å². The number of hydrogen-bond donors (Lipinski definition) is 0. The van der Waals surface area contributed by atoms with Gasteiger partial charge in [-0.15, -0.1) is 0 Å². The third-order valence-electron chi connectivity index (χ3n) is 6.39. The Morgan fingerprint density at radius 2 is 1.96 bits per heavy atom. The highest BCUT2D eigenvalue weighted by Crippen LogP contribution is 2.44. The zero-order valence-corrected chi connectivity index (χ0v) is 16.5. The summed E-state index contributed by atoms with van der Waals surface area (Å²) in [5.74, 6) is 0.226. The number of carbonyl (C=O) groups excluding carboxylic acids is 1. The van der Waals surface area contributed by atoms with Crippen LogP contribution in [0.4, 0.5) is 0 Å². The Morgan fingerprint density at radius 1 is 1.22 bits per heavy atom. The van der Waals surface area contributed by atoms with E-state index < -0.39 is 0 Å². The van der Waals surface area contributed by atoms with Gasteiger partial charge in [0.05, 0.1) is 12.0 Å². The Hall–Kier alpha value is -2.14. The first kappa shape index (κ1) is 18.2. The number of amides is 1. The average Bonchev–Trinajstić information content (AvgIpc) is 3.22. The number of aryl methyl sites for hydroxylation is 1. The van der Waals surface area contributed by atoms with Crippen LogP contribution >= 0.6 is 0 Å². The summed E-state index contributed by atoms with van der Waals surface area (Å²) in [5, 5.41) is 0. The molecule has 2 aliphatic rings. The molecule has 0 saturated carbocycles.